The van der Waals surface area contributed by atoms with Crippen LogP contribution in [0, 0.1) is 0 Å². The predicted molar refractivity (Wildman–Crippen MR) is 27.9 cm³/mol. The second-order valence-electron chi connectivity index (χ2n) is 1.89. The van der Waals surface area contributed by atoms with Crippen LogP contribution in [-0.4, -0.2) is 30.4 Å². The molecular formula is C4H10N2O2. The molecule has 8 heavy (non-hydrogen) atoms. The van der Waals surface area contributed by atoms with Gasteiger partial charge in [-0.2, -0.15) is 5.48 Å². The number of hydrogen-bond acceptors (Lipinski definition) is 4. The highest BCUT2D eigenvalue weighted by Gasteiger charge is 2.18. The molecule has 0 aromatic carbocycles. The van der Waals surface area contributed by atoms with Crippen molar-refractivity contribution in [2.75, 3.05) is 13.2 Å². The van der Waals surface area contributed by atoms with E-state index < -0.39 is 6.10 Å². The van der Waals surface area contributed by atoms with Gasteiger partial charge in [-0.3, -0.25) is 4.84 Å². The number of aliphatic hydroxyl groups is 1. The van der Waals surface area contributed by atoms with Crippen molar-refractivity contribution in [3.8, 4) is 0 Å². The molecule has 4 N–H and O–H groups in total. The molecule has 0 aromatic heterocycles. The number of nitrogens with one attached hydrogen (secondary N) is 1. The summed E-state index contributed by atoms with van der Waals surface area (Å²) in [6.07, 6.45) is -0.455. The lowest BCUT2D eigenvalue weighted by atomic mass is 10.2. The van der Waals surface area contributed by atoms with E-state index in [0.717, 1.165) is 0 Å². The molecule has 48 valence electrons. The summed E-state index contributed by atoms with van der Waals surface area (Å²) in [5.74, 6) is 0. The molecule has 0 aliphatic carbocycles. The van der Waals surface area contributed by atoms with Gasteiger partial charge in [-0.15, -0.1) is 0 Å². The summed E-state index contributed by atoms with van der Waals surface area (Å²) >= 11 is 0. The minimum atomic E-state index is -0.455. The van der Waals surface area contributed by atoms with Crippen LogP contribution in [0.5, 0.6) is 0 Å². The third kappa shape index (κ3) is 1.16. The number of hydrogen-bond donors (Lipinski definition) is 3. The fourth-order valence-electron chi connectivity index (χ4n) is 0.562. The zero-order valence-corrected chi connectivity index (χ0v) is 4.50. The maximum atomic E-state index is 8.91. The van der Waals surface area contributed by atoms with Crippen LogP contribution in [0.3, 0.4) is 0 Å². The standard InChI is InChI=1S/C4H10N2O2/c5-3-2-8-6-1-4(3)7/h3-4,6-7H,1-2,5H2/t3-,4-/m1/s1. The maximum Gasteiger partial charge on any atom is 0.0861 e. The smallest absolute Gasteiger partial charge is 0.0861 e. The number of hydroxylamine groups is 1. The van der Waals surface area contributed by atoms with E-state index in [9.17, 15) is 0 Å². The van der Waals surface area contributed by atoms with E-state index in [1.165, 1.54) is 0 Å². The Bertz CT molecular complexity index is 68.4. The molecule has 0 radical (unpaired) electrons. The molecule has 1 rings (SSSR count). The Balaban J connectivity index is 2.28. The van der Waals surface area contributed by atoms with E-state index in [1.54, 1.807) is 0 Å². The minimum absolute atomic E-state index is 0.226. The Morgan fingerprint density at radius 1 is 1.75 bits per heavy atom. The molecule has 1 heterocycles. The Kier molecular flexibility index (Phi) is 1.80. The molecule has 1 aliphatic heterocycles. The highest BCUT2D eigenvalue weighted by Crippen LogP contribution is 1.93. The van der Waals surface area contributed by atoms with Crippen LogP contribution in [0.1, 0.15) is 0 Å². The van der Waals surface area contributed by atoms with Gasteiger partial charge in [0.2, 0.25) is 0 Å². The van der Waals surface area contributed by atoms with Crippen LogP contribution in [0.15, 0.2) is 0 Å². The topological polar surface area (TPSA) is 67.5 Å². The van der Waals surface area contributed by atoms with Gasteiger partial charge in [0.05, 0.1) is 18.8 Å². The largest absolute Gasteiger partial charge is 0.390 e. The monoisotopic (exact) mass is 118 g/mol. The average molecular weight is 118 g/mol. The predicted octanol–water partition coefficient (Wildman–Crippen LogP) is -1.79. The van der Waals surface area contributed by atoms with Crippen LogP contribution in [-0.2, 0) is 4.84 Å². The van der Waals surface area contributed by atoms with Gasteiger partial charge in [-0.1, -0.05) is 0 Å². The first-order chi connectivity index (χ1) is 3.80. The molecule has 0 amide bonds. The van der Waals surface area contributed by atoms with Gasteiger partial charge in [0.15, 0.2) is 0 Å². The summed E-state index contributed by atoms with van der Waals surface area (Å²) < 4.78 is 0. The first-order valence-electron chi connectivity index (χ1n) is 2.59. The van der Waals surface area contributed by atoms with E-state index in [4.69, 9.17) is 15.7 Å². The van der Waals surface area contributed by atoms with E-state index in [1.807, 2.05) is 0 Å². The molecule has 2 atom stereocenters. The van der Waals surface area contributed by atoms with Crippen molar-refractivity contribution in [2.24, 2.45) is 5.73 Å². The molecule has 0 bridgehead atoms. The number of aliphatic hydroxyl groups excluding tert-OH is 1. The number of β-amino-alcohol motifs (C(OH)–C–C–N with tert-alkyl or cyclic N) is 1. The summed E-state index contributed by atoms with van der Waals surface area (Å²) in [5, 5.41) is 8.91. The molecule has 1 saturated heterocycles. The van der Waals surface area contributed by atoms with Gasteiger partial charge in [0.25, 0.3) is 0 Å². The van der Waals surface area contributed by atoms with Crippen LogP contribution < -0.4 is 11.2 Å². The molecule has 0 unspecified atom stereocenters. The summed E-state index contributed by atoms with van der Waals surface area (Å²) in [6, 6.07) is -0.226. The summed E-state index contributed by atoms with van der Waals surface area (Å²) in [4.78, 5) is 4.72. The minimum Gasteiger partial charge on any atom is -0.390 e. The number of rotatable bonds is 0. The lowest BCUT2D eigenvalue weighted by molar-refractivity contribution is -0.0546. The van der Waals surface area contributed by atoms with E-state index in [0.29, 0.717) is 13.2 Å². The van der Waals surface area contributed by atoms with Crippen molar-refractivity contribution in [3.05, 3.63) is 0 Å². The van der Waals surface area contributed by atoms with Crippen molar-refractivity contribution in [1.29, 1.82) is 0 Å². The lowest BCUT2D eigenvalue weighted by Crippen LogP contribution is -2.50. The molecule has 1 fully saturated rings. The molecule has 4 heteroatoms. The third-order valence-corrected chi connectivity index (χ3v) is 1.16. The van der Waals surface area contributed by atoms with Crippen molar-refractivity contribution < 1.29 is 9.94 Å². The molecule has 0 spiro atoms. The molecule has 1 aliphatic rings. The second kappa shape index (κ2) is 2.41. The van der Waals surface area contributed by atoms with Crippen molar-refractivity contribution in [3.63, 3.8) is 0 Å². The normalized spacial score (nSPS) is 39.8. The SMILES string of the molecule is N[C@@H]1CONC[C@H]1O. The zero-order valence-electron chi connectivity index (χ0n) is 4.50. The molecule has 0 saturated carbocycles. The highest BCUT2D eigenvalue weighted by molar-refractivity contribution is 4.74. The van der Waals surface area contributed by atoms with Gasteiger partial charge in [0, 0.05) is 6.54 Å². The van der Waals surface area contributed by atoms with E-state index in [-0.39, 0.29) is 6.04 Å². The Morgan fingerprint density at radius 3 is 2.88 bits per heavy atom. The fraction of sp³-hybridized carbons (Fsp3) is 1.00. The summed E-state index contributed by atoms with van der Waals surface area (Å²) in [6.45, 7) is 0.822. The third-order valence-electron chi connectivity index (χ3n) is 1.16. The quantitative estimate of drug-likeness (QED) is 0.351. The van der Waals surface area contributed by atoms with Crippen LogP contribution >= 0.6 is 0 Å². The zero-order chi connectivity index (χ0) is 5.98. The van der Waals surface area contributed by atoms with Gasteiger partial charge in [-0.05, 0) is 0 Å². The Morgan fingerprint density at radius 2 is 2.50 bits per heavy atom. The molecular weight excluding hydrogens is 108 g/mol. The average Bonchev–Trinajstić information content (AvgIpc) is 1.77. The second-order valence-corrected chi connectivity index (χ2v) is 1.89. The van der Waals surface area contributed by atoms with Gasteiger partial charge < -0.3 is 10.8 Å². The maximum absolute atomic E-state index is 8.91. The number of nitrogens with two attached hydrogens (primary N) is 1. The van der Waals surface area contributed by atoms with Crippen LogP contribution in [0.2, 0.25) is 0 Å². The van der Waals surface area contributed by atoms with Gasteiger partial charge in [0.1, 0.15) is 0 Å². The summed E-state index contributed by atoms with van der Waals surface area (Å²) in [7, 11) is 0. The summed E-state index contributed by atoms with van der Waals surface area (Å²) in [5.41, 5.74) is 7.90. The van der Waals surface area contributed by atoms with Crippen LogP contribution in [0.25, 0.3) is 0 Å². The first-order valence-corrected chi connectivity index (χ1v) is 2.59. The Hall–Kier alpha value is -0.160. The highest BCUT2D eigenvalue weighted by atomic mass is 16.6. The van der Waals surface area contributed by atoms with Gasteiger partial charge >= 0.3 is 0 Å². The van der Waals surface area contributed by atoms with E-state index in [2.05, 4.69) is 5.48 Å². The molecule has 4 nitrogen and oxygen atoms in total. The Labute approximate surface area is 47.6 Å². The van der Waals surface area contributed by atoms with Crippen molar-refractivity contribution in [2.45, 2.75) is 12.1 Å². The lowest BCUT2D eigenvalue weighted by Gasteiger charge is -2.24. The van der Waals surface area contributed by atoms with Crippen molar-refractivity contribution in [1.82, 2.24) is 5.48 Å². The van der Waals surface area contributed by atoms with Crippen molar-refractivity contribution >= 4 is 0 Å². The molecule has 0 aromatic rings. The first kappa shape index (κ1) is 5.97. The fourth-order valence-corrected chi connectivity index (χ4v) is 0.562. The van der Waals surface area contributed by atoms with E-state index >= 15 is 0 Å². The van der Waals surface area contributed by atoms with Gasteiger partial charge in [-0.25, -0.2) is 0 Å². The van der Waals surface area contributed by atoms with Crippen LogP contribution in [0.4, 0.5) is 0 Å².